The Hall–Kier alpha value is -2.81. The SMILES string of the molecule is C#C[C@]1(CO)O[C@@H](n2cnc3c(NC(=O)OCC)nc(F)nc32)C[C@@H]1O. The second-order valence-corrected chi connectivity index (χ2v) is 5.53. The number of anilines is 1. The number of nitrogens with one attached hydrogen (secondary N) is 1. The summed E-state index contributed by atoms with van der Waals surface area (Å²) < 4.78 is 25.5. The fraction of sp³-hybridized carbons (Fsp3) is 0.467. The van der Waals surface area contributed by atoms with E-state index in [0.717, 1.165) is 0 Å². The molecule has 3 heterocycles. The molecule has 2 aromatic heterocycles. The van der Waals surface area contributed by atoms with Crippen LogP contribution in [0.4, 0.5) is 15.0 Å². The molecule has 2 aromatic rings. The van der Waals surface area contributed by atoms with Gasteiger partial charge in [-0.25, -0.2) is 9.78 Å². The van der Waals surface area contributed by atoms with Crippen molar-refractivity contribution in [3.05, 3.63) is 12.4 Å². The maximum absolute atomic E-state index is 13.8. The monoisotopic (exact) mass is 365 g/mol. The summed E-state index contributed by atoms with van der Waals surface area (Å²) in [5.74, 6) is 2.07. The Bertz CT molecular complexity index is 881. The minimum atomic E-state index is -1.57. The van der Waals surface area contributed by atoms with Crippen molar-refractivity contribution >= 4 is 23.1 Å². The first-order valence-corrected chi connectivity index (χ1v) is 7.72. The van der Waals surface area contributed by atoms with E-state index in [1.165, 1.54) is 10.9 Å². The second kappa shape index (κ2) is 6.83. The zero-order valence-electron chi connectivity index (χ0n) is 13.7. The van der Waals surface area contributed by atoms with Gasteiger partial charge >= 0.3 is 12.2 Å². The molecule has 138 valence electrons. The van der Waals surface area contributed by atoms with E-state index < -0.39 is 36.7 Å². The van der Waals surface area contributed by atoms with Gasteiger partial charge in [-0.1, -0.05) is 5.92 Å². The molecule has 0 radical (unpaired) electrons. The fourth-order valence-corrected chi connectivity index (χ4v) is 2.69. The second-order valence-electron chi connectivity index (χ2n) is 5.53. The number of hydrogen-bond donors (Lipinski definition) is 3. The molecule has 3 N–H and O–H groups in total. The van der Waals surface area contributed by atoms with Crippen molar-refractivity contribution in [2.24, 2.45) is 0 Å². The molecule has 26 heavy (non-hydrogen) atoms. The Kier molecular flexibility index (Phi) is 4.73. The number of carbonyl (C=O) groups excluding carboxylic acids is 1. The smallest absolute Gasteiger partial charge is 0.412 e. The molecule has 0 spiro atoms. The third kappa shape index (κ3) is 2.94. The van der Waals surface area contributed by atoms with Crippen LogP contribution in [-0.2, 0) is 9.47 Å². The summed E-state index contributed by atoms with van der Waals surface area (Å²) in [5, 5.41) is 21.9. The Morgan fingerprint density at radius 2 is 2.42 bits per heavy atom. The maximum atomic E-state index is 13.8. The summed E-state index contributed by atoms with van der Waals surface area (Å²) in [6.45, 7) is 1.15. The van der Waals surface area contributed by atoms with Crippen LogP contribution in [0, 0.1) is 18.4 Å². The lowest BCUT2D eigenvalue weighted by Gasteiger charge is -2.23. The lowest BCUT2D eigenvalue weighted by Crippen LogP contribution is -2.41. The number of ether oxygens (including phenoxy) is 2. The van der Waals surface area contributed by atoms with Crippen LogP contribution in [-0.4, -0.2) is 60.7 Å². The van der Waals surface area contributed by atoms with Crippen molar-refractivity contribution in [2.45, 2.75) is 31.3 Å². The van der Waals surface area contributed by atoms with Crippen LogP contribution in [0.3, 0.4) is 0 Å². The molecular weight excluding hydrogens is 349 g/mol. The predicted octanol–water partition coefficient (Wildman–Crippen LogP) is 0.178. The number of terminal acetylenes is 1. The highest BCUT2D eigenvalue weighted by atomic mass is 19.1. The maximum Gasteiger partial charge on any atom is 0.412 e. The summed E-state index contributed by atoms with van der Waals surface area (Å²) in [5.41, 5.74) is -1.45. The average Bonchev–Trinajstić information content (AvgIpc) is 3.16. The molecule has 0 aromatic carbocycles. The zero-order chi connectivity index (χ0) is 18.9. The van der Waals surface area contributed by atoms with Crippen LogP contribution >= 0.6 is 0 Å². The number of rotatable bonds is 4. The number of nitrogens with zero attached hydrogens (tertiary/aromatic N) is 4. The van der Waals surface area contributed by atoms with Crippen molar-refractivity contribution in [1.29, 1.82) is 0 Å². The molecular formula is C15H16FN5O5. The van der Waals surface area contributed by atoms with E-state index in [1.807, 2.05) is 0 Å². The van der Waals surface area contributed by atoms with E-state index in [-0.39, 0.29) is 30.0 Å². The Labute approximate surface area is 147 Å². The van der Waals surface area contributed by atoms with Gasteiger partial charge in [-0.15, -0.1) is 6.42 Å². The molecule has 1 fully saturated rings. The molecule has 1 saturated heterocycles. The molecule has 0 bridgehead atoms. The van der Waals surface area contributed by atoms with Crippen molar-refractivity contribution in [3.8, 4) is 12.3 Å². The molecule has 1 amide bonds. The quantitative estimate of drug-likeness (QED) is 0.516. The lowest BCUT2D eigenvalue weighted by atomic mass is 9.99. The van der Waals surface area contributed by atoms with Crippen LogP contribution in [0.1, 0.15) is 19.6 Å². The molecule has 1 aliphatic heterocycles. The van der Waals surface area contributed by atoms with E-state index in [4.69, 9.17) is 15.9 Å². The van der Waals surface area contributed by atoms with E-state index in [1.54, 1.807) is 6.92 Å². The normalized spacial score (nSPS) is 25.2. The predicted molar refractivity (Wildman–Crippen MR) is 85.3 cm³/mol. The van der Waals surface area contributed by atoms with E-state index in [0.29, 0.717) is 0 Å². The highest BCUT2D eigenvalue weighted by Crippen LogP contribution is 2.37. The van der Waals surface area contributed by atoms with Crippen molar-refractivity contribution in [2.75, 3.05) is 18.5 Å². The first-order valence-electron chi connectivity index (χ1n) is 7.72. The van der Waals surface area contributed by atoms with Crippen LogP contribution in [0.2, 0.25) is 0 Å². The van der Waals surface area contributed by atoms with Crippen LogP contribution in [0.15, 0.2) is 6.33 Å². The van der Waals surface area contributed by atoms with Crippen molar-refractivity contribution in [1.82, 2.24) is 19.5 Å². The molecule has 0 unspecified atom stereocenters. The minimum absolute atomic E-state index is 0.0206. The lowest BCUT2D eigenvalue weighted by molar-refractivity contribution is -0.0891. The molecule has 3 atom stereocenters. The first-order chi connectivity index (χ1) is 12.4. The number of fused-ring (bicyclic) bond motifs is 1. The third-order valence-corrected chi connectivity index (χ3v) is 3.99. The molecule has 1 aliphatic rings. The molecule has 0 saturated carbocycles. The Morgan fingerprint density at radius 3 is 3.04 bits per heavy atom. The van der Waals surface area contributed by atoms with Gasteiger partial charge < -0.3 is 19.7 Å². The number of aliphatic hydroxyl groups excluding tert-OH is 2. The van der Waals surface area contributed by atoms with Gasteiger partial charge in [-0.05, 0) is 6.92 Å². The standard InChI is InChI=1S/C15H16FN5O5/c1-3-15(6-22)8(23)5-9(26-15)21-7-17-10-11(19-14(24)25-4-2)18-13(16)20-12(10)21/h1,7-9,22-23H,4-6H2,2H3,(H,18,19,20,24)/t8-,9+,15+/m0/s1. The molecule has 3 rings (SSSR count). The van der Waals surface area contributed by atoms with Gasteiger partial charge in [-0.2, -0.15) is 14.4 Å². The zero-order valence-corrected chi connectivity index (χ0v) is 13.7. The summed E-state index contributed by atoms with van der Waals surface area (Å²) in [7, 11) is 0. The highest BCUT2D eigenvalue weighted by Gasteiger charge is 2.47. The number of amides is 1. The number of aromatic nitrogens is 4. The van der Waals surface area contributed by atoms with Gasteiger partial charge in [0.2, 0.25) is 0 Å². The summed E-state index contributed by atoms with van der Waals surface area (Å²) in [4.78, 5) is 22.8. The highest BCUT2D eigenvalue weighted by molar-refractivity contribution is 5.93. The molecule has 11 heteroatoms. The van der Waals surface area contributed by atoms with Crippen LogP contribution in [0.5, 0.6) is 0 Å². The summed E-state index contributed by atoms with van der Waals surface area (Å²) in [6.07, 6.45) is 2.78. The van der Waals surface area contributed by atoms with Crippen molar-refractivity contribution < 1.29 is 28.9 Å². The number of carbonyl (C=O) groups is 1. The summed E-state index contributed by atoms with van der Waals surface area (Å²) in [6, 6.07) is 0. The van der Waals surface area contributed by atoms with Gasteiger partial charge in [-0.3, -0.25) is 9.88 Å². The van der Waals surface area contributed by atoms with Crippen molar-refractivity contribution in [3.63, 3.8) is 0 Å². The third-order valence-electron chi connectivity index (χ3n) is 3.99. The van der Waals surface area contributed by atoms with E-state index >= 15 is 0 Å². The first kappa shape index (κ1) is 18.0. The minimum Gasteiger partial charge on any atom is -0.450 e. The molecule has 10 nitrogen and oxygen atoms in total. The summed E-state index contributed by atoms with van der Waals surface area (Å²) >= 11 is 0. The Balaban J connectivity index is 1.98. The fourth-order valence-electron chi connectivity index (χ4n) is 2.69. The topological polar surface area (TPSA) is 132 Å². The van der Waals surface area contributed by atoms with Gasteiger partial charge in [0.25, 0.3) is 0 Å². The van der Waals surface area contributed by atoms with Gasteiger partial charge in [0.05, 0.1) is 19.5 Å². The van der Waals surface area contributed by atoms with E-state index in [9.17, 15) is 19.4 Å². The number of imidazole rings is 1. The average molecular weight is 365 g/mol. The van der Waals surface area contributed by atoms with Crippen LogP contribution < -0.4 is 5.32 Å². The number of halogens is 1. The number of hydrogen-bond acceptors (Lipinski definition) is 8. The van der Waals surface area contributed by atoms with Gasteiger partial charge in [0, 0.05) is 6.42 Å². The Morgan fingerprint density at radius 1 is 1.65 bits per heavy atom. The van der Waals surface area contributed by atoms with Gasteiger partial charge in [0.15, 0.2) is 22.6 Å². The van der Waals surface area contributed by atoms with Gasteiger partial charge in [0.1, 0.15) is 12.3 Å². The number of aliphatic hydroxyl groups is 2. The van der Waals surface area contributed by atoms with E-state index in [2.05, 4.69) is 26.2 Å². The molecule has 0 aliphatic carbocycles. The largest absolute Gasteiger partial charge is 0.450 e. The van der Waals surface area contributed by atoms with Crippen LogP contribution in [0.25, 0.3) is 11.2 Å².